The van der Waals surface area contributed by atoms with E-state index < -0.39 is 17.6 Å². The van der Waals surface area contributed by atoms with Gasteiger partial charge in [0, 0.05) is 22.3 Å². The lowest BCUT2D eigenvalue weighted by Crippen LogP contribution is -2.05. The third kappa shape index (κ3) is 4.08. The van der Waals surface area contributed by atoms with Crippen LogP contribution in [0.3, 0.4) is 0 Å². The fourth-order valence-corrected chi connectivity index (χ4v) is 2.77. The number of aromatic amines is 1. The Morgan fingerprint density at radius 1 is 1.00 bits per heavy atom. The summed E-state index contributed by atoms with van der Waals surface area (Å²) < 4.78 is 51.5. The molecule has 0 fully saturated rings. The van der Waals surface area contributed by atoms with E-state index in [1.165, 1.54) is 12.2 Å². The third-order valence-electron chi connectivity index (χ3n) is 3.55. The molecule has 1 aromatic heterocycles. The molecule has 8 heteroatoms. The molecule has 26 heavy (non-hydrogen) atoms. The lowest BCUT2D eigenvalue weighted by Gasteiger charge is -2.07. The van der Waals surface area contributed by atoms with Crippen LogP contribution in [-0.4, -0.2) is 9.97 Å². The Kier molecular flexibility index (Phi) is 5.07. The maximum atomic E-state index is 13.8. The van der Waals surface area contributed by atoms with Crippen LogP contribution in [0.4, 0.5) is 17.6 Å². The zero-order chi connectivity index (χ0) is 18.9. The highest BCUT2D eigenvalue weighted by molar-refractivity contribution is 6.36. The van der Waals surface area contributed by atoms with Gasteiger partial charge in [0.2, 0.25) is 0 Å². The number of imidazole rings is 1. The molecule has 1 heterocycles. The molecule has 0 spiro atoms. The third-order valence-corrected chi connectivity index (χ3v) is 4.10. The summed E-state index contributed by atoms with van der Waals surface area (Å²) in [6.07, 6.45) is -0.185. The normalized spacial score (nSPS) is 12.1. The van der Waals surface area contributed by atoms with Crippen molar-refractivity contribution in [3.63, 3.8) is 0 Å². The number of H-pyrrole nitrogens is 1. The van der Waals surface area contributed by atoms with E-state index in [-0.39, 0.29) is 5.56 Å². The number of hydrogen-bond acceptors (Lipinski definition) is 1. The van der Waals surface area contributed by atoms with Gasteiger partial charge in [-0.3, -0.25) is 0 Å². The Morgan fingerprint density at radius 3 is 2.42 bits per heavy atom. The molecule has 1 N–H and O–H groups in total. The molecule has 0 atom stereocenters. The van der Waals surface area contributed by atoms with E-state index >= 15 is 0 Å². The van der Waals surface area contributed by atoms with Crippen molar-refractivity contribution in [1.29, 1.82) is 0 Å². The van der Waals surface area contributed by atoms with Crippen LogP contribution < -0.4 is 0 Å². The van der Waals surface area contributed by atoms with Crippen LogP contribution >= 0.6 is 23.2 Å². The van der Waals surface area contributed by atoms with Crippen LogP contribution in [0, 0.1) is 5.82 Å². The molecule has 0 aliphatic carbocycles. The summed E-state index contributed by atoms with van der Waals surface area (Å²) in [5.41, 5.74) is 0.192. The van der Waals surface area contributed by atoms with Gasteiger partial charge in [-0.15, -0.1) is 0 Å². The van der Waals surface area contributed by atoms with E-state index in [9.17, 15) is 17.6 Å². The second-order valence-corrected chi connectivity index (χ2v) is 6.21. The first-order valence-corrected chi connectivity index (χ1v) is 8.05. The number of rotatable bonds is 3. The first-order valence-electron chi connectivity index (χ1n) is 7.30. The van der Waals surface area contributed by atoms with Crippen molar-refractivity contribution in [2.75, 3.05) is 0 Å². The zero-order valence-corrected chi connectivity index (χ0v) is 14.4. The number of benzene rings is 2. The molecule has 0 unspecified atom stereocenters. The lowest BCUT2D eigenvalue weighted by atomic mass is 10.1. The molecule has 3 rings (SSSR count). The van der Waals surface area contributed by atoms with E-state index in [1.807, 2.05) is 0 Å². The van der Waals surface area contributed by atoms with Crippen molar-refractivity contribution in [2.24, 2.45) is 0 Å². The lowest BCUT2D eigenvalue weighted by molar-refractivity contribution is -0.137. The average molecular weight is 401 g/mol. The monoisotopic (exact) mass is 400 g/mol. The molecule has 0 radical (unpaired) electrons. The van der Waals surface area contributed by atoms with Crippen molar-refractivity contribution in [1.82, 2.24) is 9.97 Å². The molecule has 0 amide bonds. The highest BCUT2D eigenvalue weighted by atomic mass is 35.5. The molecule has 0 aliphatic rings. The summed E-state index contributed by atoms with van der Waals surface area (Å²) in [6.45, 7) is 0. The Labute approximate surface area is 156 Å². The van der Waals surface area contributed by atoms with Gasteiger partial charge in [-0.05, 0) is 42.5 Å². The number of halogens is 6. The number of hydrogen-bond donors (Lipinski definition) is 1. The summed E-state index contributed by atoms with van der Waals surface area (Å²) in [6, 6.07) is 7.31. The summed E-state index contributed by atoms with van der Waals surface area (Å²) in [5, 5.41) is 0.917. The first kappa shape index (κ1) is 18.5. The number of nitrogens with zero attached hydrogens (tertiary/aromatic N) is 1. The van der Waals surface area contributed by atoms with Crippen LogP contribution in [0.5, 0.6) is 0 Å². The Morgan fingerprint density at radius 2 is 1.77 bits per heavy atom. The van der Waals surface area contributed by atoms with Gasteiger partial charge in [0.15, 0.2) is 0 Å². The second-order valence-electron chi connectivity index (χ2n) is 5.36. The molecule has 0 saturated carbocycles. The van der Waals surface area contributed by atoms with Crippen molar-refractivity contribution >= 4 is 35.4 Å². The summed E-state index contributed by atoms with van der Waals surface area (Å²) >= 11 is 12.0. The minimum atomic E-state index is -4.59. The maximum Gasteiger partial charge on any atom is 0.416 e. The van der Waals surface area contributed by atoms with Crippen molar-refractivity contribution in [3.8, 4) is 11.3 Å². The van der Waals surface area contributed by atoms with Gasteiger partial charge in [-0.1, -0.05) is 29.3 Å². The Bertz CT molecular complexity index is 978. The smallest absolute Gasteiger partial charge is 0.344 e. The Balaban J connectivity index is 1.83. The quantitative estimate of drug-likeness (QED) is 0.486. The van der Waals surface area contributed by atoms with Gasteiger partial charge >= 0.3 is 6.18 Å². The summed E-state index contributed by atoms with van der Waals surface area (Å²) in [7, 11) is 0. The van der Waals surface area contributed by atoms with E-state index in [1.54, 1.807) is 24.4 Å². The molecule has 0 aliphatic heterocycles. The molecule has 0 bridgehead atoms. The van der Waals surface area contributed by atoms with Crippen molar-refractivity contribution in [2.45, 2.75) is 6.18 Å². The number of alkyl halides is 3. The molecular weight excluding hydrogens is 391 g/mol. The van der Waals surface area contributed by atoms with E-state index in [4.69, 9.17) is 23.2 Å². The van der Waals surface area contributed by atoms with Gasteiger partial charge in [-0.2, -0.15) is 13.2 Å². The van der Waals surface area contributed by atoms with Gasteiger partial charge < -0.3 is 4.98 Å². The molecule has 2 nitrogen and oxygen atoms in total. The van der Waals surface area contributed by atoms with E-state index in [2.05, 4.69) is 9.97 Å². The summed E-state index contributed by atoms with van der Waals surface area (Å²) in [4.78, 5) is 7.18. The van der Waals surface area contributed by atoms with Gasteiger partial charge in [0.05, 0.1) is 16.3 Å². The fraction of sp³-hybridized carbons (Fsp3) is 0.0556. The molecule has 134 valence electrons. The number of nitrogens with one attached hydrogen (secondary N) is 1. The van der Waals surface area contributed by atoms with Crippen molar-refractivity contribution in [3.05, 3.63) is 75.4 Å². The fourth-order valence-electron chi connectivity index (χ4n) is 2.26. The van der Waals surface area contributed by atoms with Crippen LogP contribution in [0.15, 0.2) is 42.6 Å². The molecule has 0 saturated heterocycles. The van der Waals surface area contributed by atoms with E-state index in [0.29, 0.717) is 33.2 Å². The predicted molar refractivity (Wildman–Crippen MR) is 94.4 cm³/mol. The van der Waals surface area contributed by atoms with Crippen LogP contribution in [0.2, 0.25) is 10.0 Å². The predicted octanol–water partition coefficient (Wildman–Crippen LogP) is 6.71. The summed E-state index contributed by atoms with van der Waals surface area (Å²) in [5.74, 6) is -0.575. The van der Waals surface area contributed by atoms with Gasteiger partial charge in [-0.25, -0.2) is 9.37 Å². The van der Waals surface area contributed by atoms with E-state index in [0.717, 1.165) is 12.1 Å². The largest absolute Gasteiger partial charge is 0.416 e. The van der Waals surface area contributed by atoms with Crippen LogP contribution in [-0.2, 0) is 6.18 Å². The topological polar surface area (TPSA) is 28.7 Å². The number of aromatic nitrogens is 2. The molecule has 3 aromatic rings. The zero-order valence-electron chi connectivity index (χ0n) is 12.9. The van der Waals surface area contributed by atoms with Crippen LogP contribution in [0.1, 0.15) is 17.0 Å². The highest BCUT2D eigenvalue weighted by Gasteiger charge is 2.30. The minimum absolute atomic E-state index is 0.0143. The standard InChI is InChI=1S/C18H10Cl2F4N2/c19-12-4-5-13(14(20)8-12)16-9-25-17(26-16)6-2-10-1-3-11(7-15(10)21)18(22,23)24/h1-9H,(H,25,26)/b6-2+. The maximum absolute atomic E-state index is 13.8. The van der Waals surface area contributed by atoms with Gasteiger partial charge in [0.25, 0.3) is 0 Å². The van der Waals surface area contributed by atoms with Crippen molar-refractivity contribution < 1.29 is 17.6 Å². The second kappa shape index (κ2) is 7.13. The molecular formula is C18H10Cl2F4N2. The Hall–Kier alpha value is -2.31. The first-order chi connectivity index (χ1) is 12.2. The molecule has 2 aromatic carbocycles. The van der Waals surface area contributed by atoms with Crippen LogP contribution in [0.25, 0.3) is 23.4 Å². The average Bonchev–Trinajstić information content (AvgIpc) is 3.01. The highest BCUT2D eigenvalue weighted by Crippen LogP contribution is 2.31. The SMILES string of the molecule is Fc1cc(C(F)(F)F)ccc1/C=C/c1nc(-c2ccc(Cl)cc2Cl)c[nH]1. The minimum Gasteiger partial charge on any atom is -0.344 e. The van der Waals surface area contributed by atoms with Gasteiger partial charge in [0.1, 0.15) is 11.6 Å².